The maximum absolute atomic E-state index is 12.6. The van der Waals surface area contributed by atoms with Crippen molar-refractivity contribution in [3.8, 4) is 0 Å². The molecule has 0 radical (unpaired) electrons. The highest BCUT2D eigenvalue weighted by atomic mass is 32.1. The average Bonchev–Trinajstić information content (AvgIpc) is 3.27. The number of benzene rings is 1. The van der Waals surface area contributed by atoms with E-state index in [1.807, 2.05) is 25.1 Å². The van der Waals surface area contributed by atoms with E-state index in [4.69, 9.17) is 17.2 Å². The second kappa shape index (κ2) is 11.3. The van der Waals surface area contributed by atoms with Crippen molar-refractivity contribution in [2.45, 2.75) is 39.7 Å². The lowest BCUT2D eigenvalue weighted by atomic mass is 9.98. The van der Waals surface area contributed by atoms with Crippen LogP contribution in [0.25, 0.3) is 5.57 Å². The Morgan fingerprint density at radius 2 is 1.97 bits per heavy atom. The van der Waals surface area contributed by atoms with Gasteiger partial charge in [0, 0.05) is 43.2 Å². The molecule has 33 heavy (non-hydrogen) atoms. The maximum atomic E-state index is 12.6. The Kier molecular flexibility index (Phi) is 8.81. The van der Waals surface area contributed by atoms with Gasteiger partial charge >= 0.3 is 0 Å². The van der Waals surface area contributed by atoms with Crippen LogP contribution in [0.15, 0.2) is 59.4 Å². The van der Waals surface area contributed by atoms with Crippen molar-refractivity contribution in [1.82, 2.24) is 15.6 Å². The fraction of sp³-hybridized carbons (Fsp3) is 0.292. The molecule has 2 rings (SSSR count). The Hall–Kier alpha value is -3.59. The lowest BCUT2D eigenvalue weighted by Crippen LogP contribution is -2.22. The number of carbonyl (C=O) groups excluding carboxylic acids is 1. The number of aromatic nitrogens is 1. The number of aliphatic imine (C=N–C) groups is 1. The van der Waals surface area contributed by atoms with Gasteiger partial charge in [0.1, 0.15) is 10.7 Å². The van der Waals surface area contributed by atoms with Crippen molar-refractivity contribution >= 4 is 29.0 Å². The molecule has 9 heteroatoms. The van der Waals surface area contributed by atoms with Gasteiger partial charge in [-0.3, -0.25) is 9.79 Å². The number of nitrogens with zero attached hydrogens (tertiary/aromatic N) is 2. The third kappa shape index (κ3) is 7.21. The number of allylic oxidation sites excluding steroid dienone is 3. The van der Waals surface area contributed by atoms with Gasteiger partial charge < -0.3 is 27.8 Å². The molecular weight excluding hydrogens is 434 g/mol. The third-order valence-electron chi connectivity index (χ3n) is 4.71. The number of amides is 1. The van der Waals surface area contributed by atoms with E-state index in [0.29, 0.717) is 22.9 Å². The molecule has 0 aliphatic rings. The number of aryl methyl sites for hydroxylation is 1. The minimum absolute atomic E-state index is 0.0804. The van der Waals surface area contributed by atoms with Gasteiger partial charge in [-0.25, -0.2) is 4.98 Å². The molecule has 0 saturated carbocycles. The quantitative estimate of drug-likeness (QED) is 0.298. The van der Waals surface area contributed by atoms with Gasteiger partial charge in [-0.1, -0.05) is 39.0 Å². The van der Waals surface area contributed by atoms with Gasteiger partial charge in [0.05, 0.1) is 16.9 Å². The van der Waals surface area contributed by atoms with Crippen LogP contribution in [0.2, 0.25) is 0 Å². The summed E-state index contributed by atoms with van der Waals surface area (Å²) in [5, 5.41) is 6.88. The molecule has 8 nitrogen and oxygen atoms in total. The lowest BCUT2D eigenvalue weighted by molar-refractivity contribution is 0.0954. The zero-order valence-electron chi connectivity index (χ0n) is 19.8. The van der Waals surface area contributed by atoms with Gasteiger partial charge in [-0.15, -0.1) is 11.3 Å². The Balaban J connectivity index is 2.09. The number of hydrogen-bond donors (Lipinski definition) is 5. The van der Waals surface area contributed by atoms with Crippen molar-refractivity contribution in [3.05, 3.63) is 81.0 Å². The molecular formula is C24H33N7OS. The molecule has 0 unspecified atom stereocenters. The molecule has 0 saturated heterocycles. The van der Waals surface area contributed by atoms with Crippen molar-refractivity contribution in [1.29, 1.82) is 0 Å². The monoisotopic (exact) mass is 467 g/mol. The van der Waals surface area contributed by atoms with Crippen molar-refractivity contribution < 1.29 is 4.79 Å². The normalized spacial score (nSPS) is 13.4. The number of nitrogens with one attached hydrogen (secondary N) is 2. The van der Waals surface area contributed by atoms with Gasteiger partial charge in [0.15, 0.2) is 0 Å². The molecule has 8 N–H and O–H groups in total. The van der Waals surface area contributed by atoms with Gasteiger partial charge in [-0.05, 0) is 29.7 Å². The summed E-state index contributed by atoms with van der Waals surface area (Å²) in [5.41, 5.74) is 21.6. The van der Waals surface area contributed by atoms with Crippen LogP contribution in [-0.4, -0.2) is 24.2 Å². The predicted octanol–water partition coefficient (Wildman–Crippen LogP) is 2.87. The summed E-state index contributed by atoms with van der Waals surface area (Å²) in [6.07, 6.45) is 7.79. The van der Waals surface area contributed by atoms with Gasteiger partial charge in [0.25, 0.3) is 5.91 Å². The molecule has 0 spiro atoms. The van der Waals surface area contributed by atoms with Crippen LogP contribution < -0.4 is 27.8 Å². The van der Waals surface area contributed by atoms with Gasteiger partial charge in [0.2, 0.25) is 0 Å². The highest BCUT2D eigenvalue weighted by Crippen LogP contribution is 2.27. The molecule has 1 amide bonds. The Morgan fingerprint density at radius 1 is 1.24 bits per heavy atom. The van der Waals surface area contributed by atoms with E-state index in [9.17, 15) is 4.79 Å². The molecule has 0 fully saturated rings. The fourth-order valence-corrected chi connectivity index (χ4v) is 3.81. The molecule has 0 aliphatic carbocycles. The standard InChI is InChI=1S/C24H33N7OS/c1-15-8-16(18(10-25)9-21(27)31-19(11-26)13-28-5)6-7-17(15)12-29-22(32)20-14-30-23(33-20)24(2,3)4/h6-11,13-14,31H,12,25-27H2,1-5H3,(H,29,32)/b18-10+,19-11?,21-9+,28-13?. The molecule has 176 valence electrons. The molecule has 0 bridgehead atoms. The number of nitrogens with two attached hydrogens (primary N) is 3. The Morgan fingerprint density at radius 3 is 2.52 bits per heavy atom. The summed E-state index contributed by atoms with van der Waals surface area (Å²) in [4.78, 5) is 21.4. The zero-order valence-corrected chi connectivity index (χ0v) is 20.6. The summed E-state index contributed by atoms with van der Waals surface area (Å²) in [7, 11) is 1.64. The van der Waals surface area contributed by atoms with Crippen LogP contribution in [0.3, 0.4) is 0 Å². The SMILES string of the molecule is CN=CC(=CN)N/C(N)=C/C(=C\N)c1ccc(CNC(=O)c2cnc(C(C)(C)C)s2)c(C)c1. The summed E-state index contributed by atoms with van der Waals surface area (Å²) in [6, 6.07) is 5.91. The number of rotatable bonds is 8. The van der Waals surface area contributed by atoms with E-state index >= 15 is 0 Å². The third-order valence-corrected chi connectivity index (χ3v) is 6.14. The number of carbonyl (C=O) groups is 1. The first-order valence-corrected chi connectivity index (χ1v) is 11.2. The van der Waals surface area contributed by atoms with Crippen LogP contribution in [0.4, 0.5) is 0 Å². The molecule has 0 atom stereocenters. The summed E-state index contributed by atoms with van der Waals surface area (Å²) < 4.78 is 0. The first-order chi connectivity index (χ1) is 15.6. The molecule has 0 aliphatic heterocycles. The highest BCUT2D eigenvalue weighted by Gasteiger charge is 2.20. The predicted molar refractivity (Wildman–Crippen MR) is 137 cm³/mol. The molecule has 2 aromatic rings. The van der Waals surface area contributed by atoms with E-state index in [2.05, 4.69) is 41.4 Å². The van der Waals surface area contributed by atoms with Crippen molar-refractivity contribution in [2.24, 2.45) is 22.2 Å². The molecule has 1 aromatic heterocycles. The maximum Gasteiger partial charge on any atom is 0.263 e. The van der Waals surface area contributed by atoms with Crippen molar-refractivity contribution in [2.75, 3.05) is 7.05 Å². The summed E-state index contributed by atoms with van der Waals surface area (Å²) in [6.45, 7) is 8.63. The Labute approximate surface area is 199 Å². The Bertz CT molecular complexity index is 1100. The van der Waals surface area contributed by atoms with Crippen LogP contribution in [-0.2, 0) is 12.0 Å². The number of thiazole rings is 1. The first-order valence-electron chi connectivity index (χ1n) is 10.4. The van der Waals surface area contributed by atoms with Crippen LogP contribution in [0, 0.1) is 6.92 Å². The van der Waals surface area contributed by atoms with E-state index in [1.54, 1.807) is 25.5 Å². The summed E-state index contributed by atoms with van der Waals surface area (Å²) >= 11 is 1.42. The van der Waals surface area contributed by atoms with Crippen LogP contribution >= 0.6 is 11.3 Å². The minimum Gasteiger partial charge on any atom is -0.404 e. The van der Waals surface area contributed by atoms with E-state index in [1.165, 1.54) is 23.7 Å². The van der Waals surface area contributed by atoms with Crippen LogP contribution in [0.1, 0.15) is 52.1 Å². The smallest absolute Gasteiger partial charge is 0.263 e. The first kappa shape index (κ1) is 25.7. The van der Waals surface area contributed by atoms with E-state index in [0.717, 1.165) is 27.3 Å². The number of hydrogen-bond acceptors (Lipinski definition) is 8. The van der Waals surface area contributed by atoms with E-state index in [-0.39, 0.29) is 11.3 Å². The second-order valence-electron chi connectivity index (χ2n) is 8.46. The van der Waals surface area contributed by atoms with Crippen LogP contribution in [0.5, 0.6) is 0 Å². The topological polar surface area (TPSA) is 144 Å². The molecule has 1 aromatic carbocycles. The average molecular weight is 468 g/mol. The second-order valence-corrected chi connectivity index (χ2v) is 9.49. The largest absolute Gasteiger partial charge is 0.404 e. The van der Waals surface area contributed by atoms with E-state index < -0.39 is 0 Å². The summed E-state index contributed by atoms with van der Waals surface area (Å²) in [5.74, 6) is 0.242. The highest BCUT2D eigenvalue weighted by molar-refractivity contribution is 7.13. The molecule has 1 heterocycles. The zero-order chi connectivity index (χ0) is 24.6. The minimum atomic E-state index is -0.129. The fourth-order valence-electron chi connectivity index (χ4n) is 2.92. The van der Waals surface area contributed by atoms with Crippen molar-refractivity contribution in [3.63, 3.8) is 0 Å². The van der Waals surface area contributed by atoms with Gasteiger partial charge in [-0.2, -0.15) is 0 Å². The lowest BCUT2D eigenvalue weighted by Gasteiger charge is -2.13.